The van der Waals surface area contributed by atoms with Gasteiger partial charge >= 0.3 is 0 Å². The Morgan fingerprint density at radius 3 is 2.87 bits per heavy atom. The lowest BCUT2D eigenvalue weighted by atomic mass is 10.1. The minimum Gasteiger partial charge on any atom is -0.343 e. The molecule has 74 valence electrons. The maximum absolute atomic E-state index is 4.19. The van der Waals surface area contributed by atoms with Gasteiger partial charge in [0.2, 0.25) is 0 Å². The summed E-state index contributed by atoms with van der Waals surface area (Å²) in [6.45, 7) is 2.15. The van der Waals surface area contributed by atoms with Crippen molar-refractivity contribution >= 4 is 21.8 Å². The van der Waals surface area contributed by atoms with Crippen LogP contribution in [0.3, 0.4) is 0 Å². The third-order valence-corrected chi connectivity index (χ3v) is 3.02. The van der Waals surface area contributed by atoms with Gasteiger partial charge in [0.1, 0.15) is 0 Å². The zero-order chi connectivity index (χ0) is 10.4. The predicted molar refractivity (Wildman–Crippen MR) is 63.0 cm³/mol. The van der Waals surface area contributed by atoms with Crippen LogP contribution in [0.1, 0.15) is 5.56 Å². The van der Waals surface area contributed by atoms with E-state index in [1.165, 1.54) is 27.4 Å². The Kier molecular flexibility index (Phi) is 1.60. The highest BCUT2D eigenvalue weighted by Gasteiger charge is 2.08. The van der Waals surface area contributed by atoms with Gasteiger partial charge < -0.3 is 4.57 Å². The molecule has 0 aliphatic heterocycles. The van der Waals surface area contributed by atoms with Gasteiger partial charge in [-0.05, 0) is 18.6 Å². The molecule has 15 heavy (non-hydrogen) atoms. The van der Waals surface area contributed by atoms with Crippen LogP contribution in [-0.2, 0) is 7.05 Å². The molecule has 1 aromatic carbocycles. The maximum Gasteiger partial charge on any atom is 0.0519 e. The summed E-state index contributed by atoms with van der Waals surface area (Å²) in [4.78, 5) is 4.19. The standard InChI is InChI=1S/C13H12N2/c1-9-4-3-5-10-11-8-14-7-6-12(11)15(2)13(9)10/h3-8H,1-2H3. The highest BCUT2D eigenvalue weighted by atomic mass is 14.9. The van der Waals surface area contributed by atoms with Crippen molar-refractivity contribution in [3.8, 4) is 0 Å². The summed E-state index contributed by atoms with van der Waals surface area (Å²) in [5.74, 6) is 0. The molecule has 0 saturated carbocycles. The number of rotatable bonds is 0. The number of pyridine rings is 1. The fraction of sp³-hybridized carbons (Fsp3) is 0.154. The number of para-hydroxylation sites is 1. The number of aryl methyl sites for hydroxylation is 2. The van der Waals surface area contributed by atoms with Gasteiger partial charge in [-0.2, -0.15) is 0 Å². The fourth-order valence-electron chi connectivity index (χ4n) is 2.33. The van der Waals surface area contributed by atoms with Gasteiger partial charge in [-0.25, -0.2) is 0 Å². The molecule has 3 rings (SSSR count). The molecule has 2 heteroatoms. The van der Waals surface area contributed by atoms with E-state index in [4.69, 9.17) is 0 Å². The molecule has 0 aliphatic rings. The van der Waals surface area contributed by atoms with E-state index in [9.17, 15) is 0 Å². The highest BCUT2D eigenvalue weighted by molar-refractivity contribution is 6.08. The Labute approximate surface area is 88.2 Å². The molecule has 2 heterocycles. The second kappa shape index (κ2) is 2.83. The molecule has 3 aromatic rings. The molecule has 0 fully saturated rings. The van der Waals surface area contributed by atoms with Gasteiger partial charge in [0.15, 0.2) is 0 Å². The summed E-state index contributed by atoms with van der Waals surface area (Å²) in [7, 11) is 2.11. The van der Waals surface area contributed by atoms with Crippen molar-refractivity contribution in [3.63, 3.8) is 0 Å². The monoisotopic (exact) mass is 196 g/mol. The minimum atomic E-state index is 1.23. The van der Waals surface area contributed by atoms with E-state index in [1.54, 1.807) is 0 Å². The number of benzene rings is 1. The van der Waals surface area contributed by atoms with Crippen molar-refractivity contribution in [3.05, 3.63) is 42.2 Å². The second-order valence-electron chi connectivity index (χ2n) is 3.92. The lowest BCUT2D eigenvalue weighted by molar-refractivity contribution is 1.01. The second-order valence-corrected chi connectivity index (χ2v) is 3.92. The zero-order valence-corrected chi connectivity index (χ0v) is 8.86. The van der Waals surface area contributed by atoms with Gasteiger partial charge in [0.25, 0.3) is 0 Å². The summed E-state index contributed by atoms with van der Waals surface area (Å²) >= 11 is 0. The van der Waals surface area contributed by atoms with Crippen LogP contribution in [0.4, 0.5) is 0 Å². The topological polar surface area (TPSA) is 17.8 Å². The van der Waals surface area contributed by atoms with E-state index in [-0.39, 0.29) is 0 Å². The molecular weight excluding hydrogens is 184 g/mol. The van der Waals surface area contributed by atoms with Crippen molar-refractivity contribution in [2.24, 2.45) is 7.05 Å². The van der Waals surface area contributed by atoms with Gasteiger partial charge in [-0.1, -0.05) is 18.2 Å². The molecule has 0 unspecified atom stereocenters. The molecule has 0 saturated heterocycles. The van der Waals surface area contributed by atoms with Crippen LogP contribution in [0, 0.1) is 6.92 Å². The first-order chi connectivity index (χ1) is 7.29. The first-order valence-electron chi connectivity index (χ1n) is 5.07. The molecular formula is C13H12N2. The molecule has 0 radical (unpaired) electrons. The summed E-state index contributed by atoms with van der Waals surface area (Å²) in [6, 6.07) is 8.47. The largest absolute Gasteiger partial charge is 0.343 e. The van der Waals surface area contributed by atoms with E-state index in [2.05, 4.69) is 47.8 Å². The molecule has 2 nitrogen and oxygen atoms in total. The number of hydrogen-bond donors (Lipinski definition) is 0. The van der Waals surface area contributed by atoms with Gasteiger partial charge in [0, 0.05) is 30.2 Å². The molecule has 2 aromatic heterocycles. The average Bonchev–Trinajstić information content (AvgIpc) is 2.55. The van der Waals surface area contributed by atoms with Crippen molar-refractivity contribution in [1.82, 2.24) is 9.55 Å². The summed E-state index contributed by atoms with van der Waals surface area (Å²) in [6.07, 6.45) is 3.79. The van der Waals surface area contributed by atoms with Gasteiger partial charge in [0.05, 0.1) is 11.0 Å². The van der Waals surface area contributed by atoms with E-state index >= 15 is 0 Å². The van der Waals surface area contributed by atoms with E-state index < -0.39 is 0 Å². The van der Waals surface area contributed by atoms with Gasteiger partial charge in [-0.15, -0.1) is 0 Å². The van der Waals surface area contributed by atoms with Crippen LogP contribution in [-0.4, -0.2) is 9.55 Å². The average molecular weight is 196 g/mol. The lowest BCUT2D eigenvalue weighted by Crippen LogP contribution is -1.88. The summed E-state index contributed by atoms with van der Waals surface area (Å²) in [5, 5.41) is 2.53. The first kappa shape index (κ1) is 8.48. The third-order valence-electron chi connectivity index (χ3n) is 3.02. The highest BCUT2D eigenvalue weighted by Crippen LogP contribution is 2.28. The van der Waals surface area contributed by atoms with Gasteiger partial charge in [-0.3, -0.25) is 4.98 Å². The summed E-state index contributed by atoms with van der Waals surface area (Å²) in [5.41, 5.74) is 3.86. The Balaban J connectivity index is 2.69. The lowest BCUT2D eigenvalue weighted by Gasteiger charge is -2.00. The fourth-order valence-corrected chi connectivity index (χ4v) is 2.33. The molecule has 0 atom stereocenters. The number of hydrogen-bond acceptors (Lipinski definition) is 1. The summed E-state index contributed by atoms with van der Waals surface area (Å²) < 4.78 is 2.24. The number of fused-ring (bicyclic) bond motifs is 3. The SMILES string of the molecule is Cc1cccc2c3cnccc3n(C)c12. The van der Waals surface area contributed by atoms with Crippen LogP contribution in [0.2, 0.25) is 0 Å². The van der Waals surface area contributed by atoms with Crippen LogP contribution in [0.25, 0.3) is 21.8 Å². The molecule has 0 aliphatic carbocycles. The molecule has 0 spiro atoms. The van der Waals surface area contributed by atoms with E-state index in [1.807, 2.05) is 12.4 Å². The van der Waals surface area contributed by atoms with Crippen LogP contribution in [0.5, 0.6) is 0 Å². The molecule has 0 N–H and O–H groups in total. The quantitative estimate of drug-likeness (QED) is 0.540. The number of nitrogens with zero attached hydrogens (tertiary/aromatic N) is 2. The smallest absolute Gasteiger partial charge is 0.0519 e. The van der Waals surface area contributed by atoms with Crippen LogP contribution >= 0.6 is 0 Å². The Morgan fingerprint density at radius 2 is 2.00 bits per heavy atom. The zero-order valence-electron chi connectivity index (χ0n) is 8.86. The van der Waals surface area contributed by atoms with Crippen LogP contribution < -0.4 is 0 Å². The minimum absolute atomic E-state index is 1.23. The Morgan fingerprint density at radius 1 is 1.13 bits per heavy atom. The first-order valence-corrected chi connectivity index (χ1v) is 5.07. The number of aromatic nitrogens is 2. The van der Waals surface area contributed by atoms with Crippen molar-refractivity contribution < 1.29 is 0 Å². The molecule has 0 amide bonds. The third kappa shape index (κ3) is 1.02. The Hall–Kier alpha value is -1.83. The Bertz CT molecular complexity index is 650. The van der Waals surface area contributed by atoms with Crippen molar-refractivity contribution in [1.29, 1.82) is 0 Å². The van der Waals surface area contributed by atoms with Crippen molar-refractivity contribution in [2.45, 2.75) is 6.92 Å². The van der Waals surface area contributed by atoms with E-state index in [0.29, 0.717) is 0 Å². The molecule has 0 bridgehead atoms. The predicted octanol–water partition coefficient (Wildman–Crippen LogP) is 3.03. The normalized spacial score (nSPS) is 11.3. The van der Waals surface area contributed by atoms with Crippen molar-refractivity contribution in [2.75, 3.05) is 0 Å². The van der Waals surface area contributed by atoms with Crippen LogP contribution in [0.15, 0.2) is 36.7 Å². The van der Waals surface area contributed by atoms with E-state index in [0.717, 1.165) is 0 Å². The maximum atomic E-state index is 4.19.